The van der Waals surface area contributed by atoms with Crippen molar-refractivity contribution in [1.29, 1.82) is 0 Å². The van der Waals surface area contributed by atoms with E-state index in [4.69, 9.17) is 4.74 Å². The fraction of sp³-hybridized carbons (Fsp3) is 0.0714. The highest BCUT2D eigenvalue weighted by atomic mass is 32.1. The summed E-state index contributed by atoms with van der Waals surface area (Å²) in [5.41, 5.74) is 1.40. The first kappa shape index (κ1) is 25.1. The van der Waals surface area contributed by atoms with Crippen LogP contribution in [0.1, 0.15) is 12.5 Å². The van der Waals surface area contributed by atoms with Gasteiger partial charge < -0.3 is 10.1 Å². The molecule has 2 aromatic heterocycles. The molecule has 1 aliphatic rings. The molecule has 6 rings (SSSR count). The maximum atomic E-state index is 13.6. The number of ether oxygens (including phenoxy) is 1. The van der Waals surface area contributed by atoms with Crippen LogP contribution in [0.25, 0.3) is 21.9 Å². The highest BCUT2D eigenvalue weighted by Gasteiger charge is 2.35. The Morgan fingerprint density at radius 3 is 2.40 bits per heavy atom. The third-order valence-corrected chi connectivity index (χ3v) is 7.15. The quantitative estimate of drug-likeness (QED) is 0.261. The van der Waals surface area contributed by atoms with Gasteiger partial charge in [0.05, 0.1) is 16.8 Å². The summed E-state index contributed by atoms with van der Waals surface area (Å²) >= 11 is 0.997. The third-order valence-electron chi connectivity index (χ3n) is 6.12. The molecule has 0 atom stereocenters. The number of para-hydroxylation sites is 2. The van der Waals surface area contributed by atoms with Gasteiger partial charge in [0.15, 0.2) is 5.82 Å². The number of esters is 1. The number of hydrogen-bond donors (Lipinski definition) is 1. The third kappa shape index (κ3) is 4.39. The van der Waals surface area contributed by atoms with Crippen LogP contribution < -0.4 is 25.0 Å². The van der Waals surface area contributed by atoms with E-state index in [9.17, 15) is 23.6 Å². The maximum Gasteiger partial charge on any atom is 0.308 e. The molecule has 0 fully saturated rings. The lowest BCUT2D eigenvalue weighted by atomic mass is 10.1. The predicted octanol–water partition coefficient (Wildman–Crippen LogP) is 2.79. The van der Waals surface area contributed by atoms with Gasteiger partial charge in [0.1, 0.15) is 22.6 Å². The topological polar surface area (TPSA) is 123 Å². The van der Waals surface area contributed by atoms with Crippen molar-refractivity contribution in [2.45, 2.75) is 6.92 Å². The summed E-state index contributed by atoms with van der Waals surface area (Å²) in [5, 5.41) is 6.97. The summed E-state index contributed by atoms with van der Waals surface area (Å²) in [5.74, 6) is -1.51. The number of amides is 2. The number of hydrogen-bond acceptors (Lipinski definition) is 8. The van der Waals surface area contributed by atoms with Crippen molar-refractivity contribution in [3.05, 3.63) is 99.1 Å². The molecule has 0 unspecified atom stereocenters. The monoisotopic (exact) mass is 555 g/mol. The highest BCUT2D eigenvalue weighted by molar-refractivity contribution is 7.15. The number of carbonyl (C=O) groups is 3. The van der Waals surface area contributed by atoms with Crippen LogP contribution in [0.15, 0.2) is 77.6 Å². The Bertz CT molecular complexity index is 1950. The second-order valence-electron chi connectivity index (χ2n) is 8.79. The molecular formula is C28H18FN5O5S. The molecule has 0 radical (unpaired) electrons. The van der Waals surface area contributed by atoms with Gasteiger partial charge in [-0.15, -0.1) is 5.10 Å². The SMILES string of the molecule is CC(=O)Oc1ccccc1-c1nc2s/c(=C3\C(=O)N(CC(=O)Nc4ccc(F)cc4)c4ccccc43)c(=O)n2n1. The summed E-state index contributed by atoms with van der Waals surface area (Å²) in [6.07, 6.45) is 0. The van der Waals surface area contributed by atoms with Crippen LogP contribution in [0.4, 0.5) is 15.8 Å². The highest BCUT2D eigenvalue weighted by Crippen LogP contribution is 2.35. The molecule has 10 nitrogen and oxygen atoms in total. The van der Waals surface area contributed by atoms with Gasteiger partial charge in [-0.2, -0.15) is 9.50 Å². The number of benzene rings is 3. The Hall–Kier alpha value is -5.23. The number of aromatic nitrogens is 3. The summed E-state index contributed by atoms with van der Waals surface area (Å²) in [6.45, 7) is 0.962. The number of nitrogens with one attached hydrogen (secondary N) is 1. The van der Waals surface area contributed by atoms with E-state index >= 15 is 0 Å². The van der Waals surface area contributed by atoms with Gasteiger partial charge in [-0.05, 0) is 42.5 Å². The molecule has 1 N–H and O–H groups in total. The summed E-state index contributed by atoms with van der Waals surface area (Å²) in [7, 11) is 0. The molecule has 0 bridgehead atoms. The average molecular weight is 556 g/mol. The molecule has 5 aromatic rings. The van der Waals surface area contributed by atoms with E-state index in [1.807, 2.05) is 0 Å². The molecule has 198 valence electrons. The van der Waals surface area contributed by atoms with Crippen LogP contribution in [0.3, 0.4) is 0 Å². The van der Waals surface area contributed by atoms with Gasteiger partial charge in [-0.1, -0.05) is 41.7 Å². The Morgan fingerprint density at radius 1 is 0.975 bits per heavy atom. The normalized spacial score (nSPS) is 13.9. The molecule has 40 heavy (non-hydrogen) atoms. The van der Waals surface area contributed by atoms with Crippen LogP contribution in [-0.4, -0.2) is 38.9 Å². The van der Waals surface area contributed by atoms with Crippen molar-refractivity contribution in [3.8, 4) is 17.1 Å². The molecule has 0 spiro atoms. The number of fused-ring (bicyclic) bond motifs is 2. The Balaban J connectivity index is 1.38. The maximum absolute atomic E-state index is 13.6. The molecular weight excluding hydrogens is 537 g/mol. The number of carbonyl (C=O) groups excluding carboxylic acids is 3. The van der Waals surface area contributed by atoms with Crippen molar-refractivity contribution in [2.24, 2.45) is 0 Å². The number of thiazole rings is 1. The van der Waals surface area contributed by atoms with Gasteiger partial charge in [-0.3, -0.25) is 24.1 Å². The largest absolute Gasteiger partial charge is 0.426 e. The van der Waals surface area contributed by atoms with Gasteiger partial charge in [-0.25, -0.2) is 4.39 Å². The zero-order chi connectivity index (χ0) is 28.0. The number of nitrogens with zero attached hydrogens (tertiary/aromatic N) is 4. The summed E-state index contributed by atoms with van der Waals surface area (Å²) in [4.78, 5) is 57.3. The standard InChI is InChI=1S/C28H18FN5O5S/c1-15(35)39-21-9-5-3-7-19(21)25-31-28-34(32-25)27(38)24(40-28)23-18-6-2-4-8-20(18)33(26(23)37)14-22(36)30-17-12-10-16(29)11-13-17/h2-13H,14H2,1H3,(H,30,36)/b24-23-. The Labute approximate surface area is 228 Å². The van der Waals surface area contributed by atoms with E-state index in [1.54, 1.807) is 48.5 Å². The first-order valence-electron chi connectivity index (χ1n) is 12.0. The molecule has 3 heterocycles. The minimum Gasteiger partial charge on any atom is -0.426 e. The van der Waals surface area contributed by atoms with Gasteiger partial charge in [0, 0.05) is 18.2 Å². The van der Waals surface area contributed by atoms with Crippen LogP contribution >= 0.6 is 11.3 Å². The first-order valence-corrected chi connectivity index (χ1v) is 12.8. The molecule has 0 saturated heterocycles. The van der Waals surface area contributed by atoms with Gasteiger partial charge >= 0.3 is 5.97 Å². The molecule has 0 saturated carbocycles. The molecule has 0 aliphatic carbocycles. The lowest BCUT2D eigenvalue weighted by Crippen LogP contribution is -2.37. The lowest BCUT2D eigenvalue weighted by Gasteiger charge is -2.16. The van der Waals surface area contributed by atoms with E-state index in [2.05, 4.69) is 15.4 Å². The van der Waals surface area contributed by atoms with Gasteiger partial charge in [0.25, 0.3) is 11.5 Å². The summed E-state index contributed by atoms with van der Waals surface area (Å²) in [6, 6.07) is 18.8. The lowest BCUT2D eigenvalue weighted by molar-refractivity contribution is -0.131. The molecule has 1 aliphatic heterocycles. The number of anilines is 2. The first-order chi connectivity index (χ1) is 19.3. The van der Waals surface area contributed by atoms with Crippen LogP contribution in [0, 0.1) is 5.82 Å². The Kier molecular flexibility index (Phi) is 6.15. The van der Waals surface area contributed by atoms with Crippen molar-refractivity contribution >= 4 is 51.0 Å². The van der Waals surface area contributed by atoms with Crippen LogP contribution in [-0.2, 0) is 14.4 Å². The van der Waals surface area contributed by atoms with E-state index in [0.29, 0.717) is 22.5 Å². The van der Waals surface area contributed by atoms with E-state index in [-0.39, 0.29) is 33.2 Å². The number of halogens is 1. The van der Waals surface area contributed by atoms with Crippen LogP contribution in [0.5, 0.6) is 5.75 Å². The Morgan fingerprint density at radius 2 is 1.68 bits per heavy atom. The second-order valence-corrected chi connectivity index (χ2v) is 9.77. The molecule has 2 amide bonds. The smallest absolute Gasteiger partial charge is 0.308 e. The van der Waals surface area contributed by atoms with Crippen LogP contribution in [0.2, 0.25) is 0 Å². The van der Waals surface area contributed by atoms with Crippen molar-refractivity contribution in [3.63, 3.8) is 0 Å². The zero-order valence-electron chi connectivity index (χ0n) is 20.8. The zero-order valence-corrected chi connectivity index (χ0v) is 21.6. The van der Waals surface area contributed by atoms with E-state index in [1.165, 1.54) is 36.1 Å². The minimum absolute atomic E-state index is 0.133. The van der Waals surface area contributed by atoms with E-state index in [0.717, 1.165) is 15.9 Å². The predicted molar refractivity (Wildman–Crippen MR) is 145 cm³/mol. The molecule has 3 aromatic carbocycles. The van der Waals surface area contributed by atoms with Crippen molar-refractivity contribution in [2.75, 3.05) is 16.8 Å². The number of rotatable bonds is 5. The minimum atomic E-state index is -0.542. The average Bonchev–Trinajstić information content (AvgIpc) is 3.56. The van der Waals surface area contributed by atoms with Crippen molar-refractivity contribution in [1.82, 2.24) is 14.6 Å². The fourth-order valence-corrected chi connectivity index (χ4v) is 5.43. The second kappa shape index (κ2) is 9.82. The van der Waals surface area contributed by atoms with E-state index < -0.39 is 29.2 Å². The van der Waals surface area contributed by atoms with Gasteiger partial charge in [0.2, 0.25) is 10.9 Å². The summed E-state index contributed by atoms with van der Waals surface area (Å²) < 4.78 is 19.7. The van der Waals surface area contributed by atoms with Crippen molar-refractivity contribution < 1.29 is 23.5 Å². The molecule has 12 heteroatoms. The fourth-order valence-electron chi connectivity index (χ4n) is 4.43.